The first-order chi connectivity index (χ1) is 12.5. The molecule has 3 rings (SSSR count). The monoisotopic (exact) mass is 351 g/mol. The van der Waals surface area contributed by atoms with Crippen molar-refractivity contribution in [3.8, 4) is 0 Å². The lowest BCUT2D eigenvalue weighted by Crippen LogP contribution is -2.31. The van der Waals surface area contributed by atoms with Gasteiger partial charge in [-0.3, -0.25) is 9.59 Å². The van der Waals surface area contributed by atoms with Gasteiger partial charge in [0.2, 0.25) is 5.91 Å². The van der Waals surface area contributed by atoms with Gasteiger partial charge in [0.15, 0.2) is 0 Å². The Balaban J connectivity index is 1.75. The number of aryl methyl sites for hydroxylation is 2. The minimum Gasteiger partial charge on any atom is -0.328 e. The number of nitrogens with zero attached hydrogens (tertiary/aromatic N) is 1. The Bertz CT molecular complexity index is 860. The van der Waals surface area contributed by atoms with Crippen LogP contribution in [0.1, 0.15) is 23.6 Å². The molecule has 0 saturated carbocycles. The number of nitrogens with one attached hydrogen (secondary N) is 2. The standard InChI is InChI=1S/C20H21N3O3/c1-3-14-5-4-6-15(9-14)10-18(24)22-16-8-7-13(2)17(11-16)23-19(25)12-21-20(23)26/h4-9,11H,3,10,12H2,1-2H3,(H,21,26)(H,22,24). The molecule has 2 aromatic carbocycles. The first-order valence-electron chi connectivity index (χ1n) is 8.57. The van der Waals surface area contributed by atoms with Gasteiger partial charge in [0.25, 0.3) is 5.91 Å². The van der Waals surface area contributed by atoms with E-state index in [9.17, 15) is 14.4 Å². The summed E-state index contributed by atoms with van der Waals surface area (Å²) in [6, 6.07) is 12.7. The molecule has 4 amide bonds. The van der Waals surface area contributed by atoms with Gasteiger partial charge in [-0.05, 0) is 42.2 Å². The van der Waals surface area contributed by atoms with Gasteiger partial charge in [-0.15, -0.1) is 0 Å². The molecule has 0 unspecified atom stereocenters. The smallest absolute Gasteiger partial charge is 0.328 e. The Morgan fingerprint density at radius 3 is 2.62 bits per heavy atom. The summed E-state index contributed by atoms with van der Waals surface area (Å²) in [6.45, 7) is 3.88. The summed E-state index contributed by atoms with van der Waals surface area (Å²) in [7, 11) is 0. The van der Waals surface area contributed by atoms with Crippen LogP contribution in [0, 0.1) is 6.92 Å². The van der Waals surface area contributed by atoms with Crippen molar-refractivity contribution in [1.82, 2.24) is 5.32 Å². The molecule has 134 valence electrons. The van der Waals surface area contributed by atoms with Gasteiger partial charge in [-0.2, -0.15) is 0 Å². The molecule has 2 aromatic rings. The van der Waals surface area contributed by atoms with Gasteiger partial charge >= 0.3 is 6.03 Å². The molecule has 0 spiro atoms. The van der Waals surface area contributed by atoms with Crippen LogP contribution in [0.5, 0.6) is 0 Å². The van der Waals surface area contributed by atoms with E-state index >= 15 is 0 Å². The lowest BCUT2D eigenvalue weighted by atomic mass is 10.1. The second kappa shape index (κ2) is 7.39. The predicted octanol–water partition coefficient (Wildman–Crippen LogP) is 2.79. The molecule has 1 heterocycles. The van der Waals surface area contributed by atoms with Crippen molar-refractivity contribution >= 4 is 29.2 Å². The number of amides is 4. The number of hydrogen-bond donors (Lipinski definition) is 2. The summed E-state index contributed by atoms with van der Waals surface area (Å²) in [6.07, 6.45) is 1.18. The van der Waals surface area contributed by atoms with E-state index in [1.807, 2.05) is 31.2 Å². The topological polar surface area (TPSA) is 78.5 Å². The van der Waals surface area contributed by atoms with Gasteiger partial charge in [0, 0.05) is 5.69 Å². The van der Waals surface area contributed by atoms with Gasteiger partial charge in [-0.25, -0.2) is 9.69 Å². The molecule has 26 heavy (non-hydrogen) atoms. The second-order valence-corrected chi connectivity index (χ2v) is 6.29. The zero-order chi connectivity index (χ0) is 18.7. The Morgan fingerprint density at radius 1 is 1.15 bits per heavy atom. The summed E-state index contributed by atoms with van der Waals surface area (Å²) in [5.41, 5.74) is 3.95. The normalized spacial score (nSPS) is 13.7. The van der Waals surface area contributed by atoms with Crippen LogP contribution in [0.2, 0.25) is 0 Å². The lowest BCUT2D eigenvalue weighted by Gasteiger charge is -2.17. The van der Waals surface area contributed by atoms with E-state index in [-0.39, 0.29) is 24.8 Å². The molecule has 1 aliphatic heterocycles. The Labute approximate surface area is 152 Å². The average Bonchev–Trinajstić information content (AvgIpc) is 2.95. The molecule has 1 saturated heterocycles. The van der Waals surface area contributed by atoms with Crippen LogP contribution < -0.4 is 15.5 Å². The SMILES string of the molecule is CCc1cccc(CC(=O)Nc2ccc(C)c(N3C(=O)CNC3=O)c2)c1. The molecule has 2 N–H and O–H groups in total. The number of hydrogen-bond acceptors (Lipinski definition) is 3. The van der Waals surface area contributed by atoms with E-state index in [1.54, 1.807) is 18.2 Å². The van der Waals surface area contributed by atoms with E-state index in [4.69, 9.17) is 0 Å². The van der Waals surface area contributed by atoms with Gasteiger partial charge < -0.3 is 10.6 Å². The van der Waals surface area contributed by atoms with Crippen molar-refractivity contribution in [2.75, 3.05) is 16.8 Å². The Hall–Kier alpha value is -3.15. The van der Waals surface area contributed by atoms with Crippen LogP contribution in [0.4, 0.5) is 16.2 Å². The lowest BCUT2D eigenvalue weighted by molar-refractivity contribution is -0.116. The maximum Gasteiger partial charge on any atom is 0.329 e. The molecule has 6 heteroatoms. The number of carbonyl (C=O) groups is 3. The molecular weight excluding hydrogens is 330 g/mol. The second-order valence-electron chi connectivity index (χ2n) is 6.29. The van der Waals surface area contributed by atoms with Crippen LogP contribution >= 0.6 is 0 Å². The summed E-state index contributed by atoms with van der Waals surface area (Å²) >= 11 is 0. The van der Waals surface area contributed by atoms with Crippen molar-refractivity contribution in [2.45, 2.75) is 26.7 Å². The quantitative estimate of drug-likeness (QED) is 0.813. The molecule has 0 radical (unpaired) electrons. The maximum atomic E-state index is 12.4. The van der Waals surface area contributed by atoms with Crippen molar-refractivity contribution in [3.63, 3.8) is 0 Å². The Morgan fingerprint density at radius 2 is 1.92 bits per heavy atom. The molecule has 1 aliphatic rings. The van der Waals surface area contributed by atoms with E-state index in [1.165, 1.54) is 5.56 Å². The fraction of sp³-hybridized carbons (Fsp3) is 0.250. The minimum absolute atomic E-state index is 0.0113. The fourth-order valence-corrected chi connectivity index (χ4v) is 2.94. The molecule has 0 atom stereocenters. The number of benzene rings is 2. The van der Waals surface area contributed by atoms with Crippen molar-refractivity contribution < 1.29 is 14.4 Å². The van der Waals surface area contributed by atoms with E-state index in [0.29, 0.717) is 11.4 Å². The van der Waals surface area contributed by atoms with Crippen LogP contribution in [0.25, 0.3) is 0 Å². The van der Waals surface area contributed by atoms with Crippen molar-refractivity contribution in [3.05, 3.63) is 59.2 Å². The highest BCUT2D eigenvalue weighted by Gasteiger charge is 2.31. The van der Waals surface area contributed by atoms with Crippen molar-refractivity contribution in [2.24, 2.45) is 0 Å². The summed E-state index contributed by atoms with van der Waals surface area (Å²) in [5.74, 6) is -0.455. The van der Waals surface area contributed by atoms with Gasteiger partial charge in [0.1, 0.15) is 0 Å². The largest absolute Gasteiger partial charge is 0.329 e. The number of imide groups is 1. The molecule has 0 aliphatic carbocycles. The van der Waals surface area contributed by atoms with Crippen LogP contribution in [0.3, 0.4) is 0 Å². The predicted molar refractivity (Wildman–Crippen MR) is 100 cm³/mol. The molecule has 1 fully saturated rings. The third-order valence-electron chi connectivity index (χ3n) is 4.34. The van der Waals surface area contributed by atoms with E-state index in [2.05, 4.69) is 17.6 Å². The van der Waals surface area contributed by atoms with Crippen molar-refractivity contribution in [1.29, 1.82) is 0 Å². The third kappa shape index (κ3) is 3.74. The highest BCUT2D eigenvalue weighted by Crippen LogP contribution is 2.26. The highest BCUT2D eigenvalue weighted by atomic mass is 16.2. The van der Waals surface area contributed by atoms with Crippen LogP contribution in [-0.2, 0) is 22.4 Å². The highest BCUT2D eigenvalue weighted by molar-refractivity contribution is 6.20. The average molecular weight is 351 g/mol. The number of urea groups is 1. The fourth-order valence-electron chi connectivity index (χ4n) is 2.94. The maximum absolute atomic E-state index is 12.4. The van der Waals surface area contributed by atoms with Gasteiger partial charge in [0.05, 0.1) is 18.7 Å². The molecular formula is C20H21N3O3. The van der Waals surface area contributed by atoms with Gasteiger partial charge in [-0.1, -0.05) is 37.3 Å². The first kappa shape index (κ1) is 17.7. The summed E-state index contributed by atoms with van der Waals surface area (Å²) in [5, 5.41) is 5.34. The molecule has 0 bridgehead atoms. The van der Waals surface area contributed by atoms with E-state index < -0.39 is 6.03 Å². The third-order valence-corrected chi connectivity index (χ3v) is 4.34. The minimum atomic E-state index is -0.446. The molecule has 0 aromatic heterocycles. The number of anilines is 2. The Kier molecular flexibility index (Phi) is 5.02. The zero-order valence-corrected chi connectivity index (χ0v) is 14.8. The number of carbonyl (C=O) groups excluding carboxylic acids is 3. The van der Waals surface area contributed by atoms with E-state index in [0.717, 1.165) is 22.4 Å². The zero-order valence-electron chi connectivity index (χ0n) is 14.8. The first-order valence-corrected chi connectivity index (χ1v) is 8.57. The van der Waals surface area contributed by atoms with Crippen LogP contribution in [-0.4, -0.2) is 24.4 Å². The summed E-state index contributed by atoms with van der Waals surface area (Å²) < 4.78 is 0. The summed E-state index contributed by atoms with van der Waals surface area (Å²) in [4.78, 5) is 37.3. The number of rotatable bonds is 5. The molecule has 6 nitrogen and oxygen atoms in total. The van der Waals surface area contributed by atoms with Crippen LogP contribution in [0.15, 0.2) is 42.5 Å².